The van der Waals surface area contributed by atoms with E-state index in [4.69, 9.17) is 0 Å². The van der Waals surface area contributed by atoms with E-state index in [1.165, 1.54) is 0 Å². The van der Waals surface area contributed by atoms with Gasteiger partial charge in [0.05, 0.1) is 23.6 Å². The van der Waals surface area contributed by atoms with E-state index < -0.39 is 0 Å². The smallest absolute Gasteiger partial charge is 0.0756 e. The van der Waals surface area contributed by atoms with Crippen LogP contribution in [0.5, 0.6) is 0 Å². The van der Waals surface area contributed by atoms with Gasteiger partial charge < -0.3 is 5.32 Å². The Bertz CT molecular complexity index is 305. The van der Waals surface area contributed by atoms with Crippen molar-refractivity contribution in [1.29, 1.82) is 0 Å². The molecule has 3 nitrogen and oxygen atoms in total. The Morgan fingerprint density at radius 2 is 2.25 bits per heavy atom. The van der Waals surface area contributed by atoms with Crippen LogP contribution in [0, 0.1) is 6.92 Å². The van der Waals surface area contributed by atoms with Crippen LogP contribution in [0.25, 0.3) is 0 Å². The summed E-state index contributed by atoms with van der Waals surface area (Å²) in [7, 11) is 0. The third-order valence-electron chi connectivity index (χ3n) is 2.46. The lowest BCUT2D eigenvalue weighted by Crippen LogP contribution is -2.23. The van der Waals surface area contributed by atoms with Gasteiger partial charge >= 0.3 is 0 Å². The van der Waals surface area contributed by atoms with E-state index in [9.17, 15) is 0 Å². The molecule has 0 aliphatic carbocycles. The van der Waals surface area contributed by atoms with Gasteiger partial charge in [-0.05, 0) is 32.7 Å². The van der Waals surface area contributed by atoms with Crippen molar-refractivity contribution < 1.29 is 0 Å². The average Bonchev–Trinajstić information content (AvgIpc) is 2.31. The predicted octanol–water partition coefficient (Wildman–Crippen LogP) is 2.79. The highest BCUT2D eigenvalue weighted by Crippen LogP contribution is 2.15. The van der Waals surface area contributed by atoms with E-state index in [1.807, 2.05) is 25.4 Å². The lowest BCUT2D eigenvalue weighted by Gasteiger charge is -2.16. The van der Waals surface area contributed by atoms with Gasteiger partial charge in [-0.3, -0.25) is 9.97 Å². The molecule has 1 heterocycles. The summed E-state index contributed by atoms with van der Waals surface area (Å²) in [5, 5.41) is 3.49. The summed E-state index contributed by atoms with van der Waals surface area (Å²) >= 11 is 0. The number of aryl methyl sites for hydroxylation is 1. The molecule has 1 rings (SSSR count). The lowest BCUT2D eigenvalue weighted by atomic mass is 10.1. The molecular weight excluding hydrogens is 198 g/mol. The first-order valence-corrected chi connectivity index (χ1v) is 5.90. The molecule has 0 aromatic carbocycles. The Kier molecular flexibility index (Phi) is 5.72. The number of nitrogens with one attached hydrogen (secondary N) is 1. The van der Waals surface area contributed by atoms with E-state index in [0.717, 1.165) is 37.2 Å². The Balaban J connectivity index is 2.66. The van der Waals surface area contributed by atoms with Crippen LogP contribution in [-0.2, 0) is 0 Å². The Morgan fingerprint density at radius 3 is 2.81 bits per heavy atom. The molecule has 0 spiro atoms. The molecule has 0 aliphatic rings. The number of aromatic nitrogens is 2. The van der Waals surface area contributed by atoms with Gasteiger partial charge in [0, 0.05) is 6.20 Å². The SMILES string of the molecule is C=CCCC(NCCC)c1cnc(C)cn1. The largest absolute Gasteiger partial charge is 0.309 e. The zero-order valence-corrected chi connectivity index (χ0v) is 10.2. The molecule has 0 bridgehead atoms. The van der Waals surface area contributed by atoms with Gasteiger partial charge in [0.1, 0.15) is 0 Å². The fourth-order valence-corrected chi connectivity index (χ4v) is 1.54. The van der Waals surface area contributed by atoms with Crippen molar-refractivity contribution in [3.05, 3.63) is 36.4 Å². The second kappa shape index (κ2) is 7.12. The molecule has 0 fully saturated rings. The normalized spacial score (nSPS) is 12.4. The first-order valence-electron chi connectivity index (χ1n) is 5.90. The zero-order chi connectivity index (χ0) is 11.8. The Labute approximate surface area is 98.0 Å². The van der Waals surface area contributed by atoms with Gasteiger partial charge in [-0.15, -0.1) is 6.58 Å². The van der Waals surface area contributed by atoms with Crippen LogP contribution in [0.15, 0.2) is 25.0 Å². The Morgan fingerprint density at radius 1 is 1.44 bits per heavy atom. The standard InChI is InChI=1S/C13H21N3/c1-4-6-7-12(14-8-5-2)13-10-15-11(3)9-16-13/h4,9-10,12,14H,1,5-8H2,2-3H3. The van der Waals surface area contributed by atoms with E-state index >= 15 is 0 Å². The molecule has 0 amide bonds. The van der Waals surface area contributed by atoms with Crippen LogP contribution >= 0.6 is 0 Å². The highest BCUT2D eigenvalue weighted by molar-refractivity contribution is 5.06. The van der Waals surface area contributed by atoms with E-state index in [-0.39, 0.29) is 0 Å². The molecule has 0 radical (unpaired) electrons. The van der Waals surface area contributed by atoms with E-state index in [0.29, 0.717) is 6.04 Å². The molecule has 0 saturated heterocycles. The molecule has 0 aliphatic heterocycles. The van der Waals surface area contributed by atoms with Crippen molar-refractivity contribution in [3.8, 4) is 0 Å². The second-order valence-corrected chi connectivity index (χ2v) is 3.96. The average molecular weight is 219 g/mol. The van der Waals surface area contributed by atoms with Gasteiger partial charge in [-0.25, -0.2) is 0 Å². The fourth-order valence-electron chi connectivity index (χ4n) is 1.54. The zero-order valence-electron chi connectivity index (χ0n) is 10.2. The quantitative estimate of drug-likeness (QED) is 0.717. The summed E-state index contributed by atoms with van der Waals surface area (Å²) in [4.78, 5) is 8.71. The molecule has 88 valence electrons. The van der Waals surface area contributed by atoms with Crippen LogP contribution in [0.1, 0.15) is 43.6 Å². The summed E-state index contributed by atoms with van der Waals surface area (Å²) in [6, 6.07) is 0.297. The maximum Gasteiger partial charge on any atom is 0.0756 e. The van der Waals surface area contributed by atoms with Crippen molar-refractivity contribution in [2.24, 2.45) is 0 Å². The maximum atomic E-state index is 4.43. The number of hydrogen-bond acceptors (Lipinski definition) is 3. The van der Waals surface area contributed by atoms with E-state index in [2.05, 4.69) is 28.8 Å². The van der Waals surface area contributed by atoms with Crippen LogP contribution in [0.3, 0.4) is 0 Å². The monoisotopic (exact) mass is 219 g/mol. The molecule has 16 heavy (non-hydrogen) atoms. The van der Waals surface area contributed by atoms with Crippen LogP contribution in [0.4, 0.5) is 0 Å². The number of hydrogen-bond donors (Lipinski definition) is 1. The van der Waals surface area contributed by atoms with Crippen molar-refractivity contribution in [1.82, 2.24) is 15.3 Å². The lowest BCUT2D eigenvalue weighted by molar-refractivity contribution is 0.490. The summed E-state index contributed by atoms with van der Waals surface area (Å²) in [5.74, 6) is 0. The minimum atomic E-state index is 0.297. The van der Waals surface area contributed by atoms with Crippen molar-refractivity contribution >= 4 is 0 Å². The Hall–Kier alpha value is -1.22. The van der Waals surface area contributed by atoms with Crippen LogP contribution in [0.2, 0.25) is 0 Å². The van der Waals surface area contributed by atoms with Crippen molar-refractivity contribution in [2.45, 2.75) is 39.2 Å². The van der Waals surface area contributed by atoms with Gasteiger partial charge in [-0.2, -0.15) is 0 Å². The number of nitrogens with zero attached hydrogens (tertiary/aromatic N) is 2. The summed E-state index contributed by atoms with van der Waals surface area (Å²) in [6.45, 7) is 8.89. The predicted molar refractivity (Wildman–Crippen MR) is 67.2 cm³/mol. The van der Waals surface area contributed by atoms with Crippen molar-refractivity contribution in [2.75, 3.05) is 6.54 Å². The topological polar surface area (TPSA) is 37.8 Å². The van der Waals surface area contributed by atoms with Gasteiger partial charge in [0.2, 0.25) is 0 Å². The molecule has 1 aromatic rings. The van der Waals surface area contributed by atoms with E-state index in [1.54, 1.807) is 0 Å². The van der Waals surface area contributed by atoms with Crippen LogP contribution in [-0.4, -0.2) is 16.5 Å². The van der Waals surface area contributed by atoms with Crippen LogP contribution < -0.4 is 5.32 Å². The first kappa shape index (κ1) is 12.8. The summed E-state index contributed by atoms with van der Waals surface area (Å²) < 4.78 is 0. The third kappa shape index (κ3) is 4.11. The summed E-state index contributed by atoms with van der Waals surface area (Å²) in [5.41, 5.74) is 1.99. The fraction of sp³-hybridized carbons (Fsp3) is 0.538. The van der Waals surface area contributed by atoms with Gasteiger partial charge in [0.15, 0.2) is 0 Å². The minimum Gasteiger partial charge on any atom is -0.309 e. The highest BCUT2D eigenvalue weighted by Gasteiger charge is 2.11. The molecule has 0 saturated carbocycles. The molecule has 1 aromatic heterocycles. The molecule has 1 unspecified atom stereocenters. The van der Waals surface area contributed by atoms with Gasteiger partial charge in [-0.1, -0.05) is 13.0 Å². The molecule has 3 heteroatoms. The first-order chi connectivity index (χ1) is 7.77. The number of rotatable bonds is 7. The van der Waals surface area contributed by atoms with Gasteiger partial charge in [0.25, 0.3) is 0 Å². The molecule has 1 atom stereocenters. The summed E-state index contributed by atoms with van der Waals surface area (Å²) in [6.07, 6.45) is 8.79. The maximum absolute atomic E-state index is 4.43. The minimum absolute atomic E-state index is 0.297. The van der Waals surface area contributed by atoms with Crippen molar-refractivity contribution in [3.63, 3.8) is 0 Å². The third-order valence-corrected chi connectivity index (χ3v) is 2.46. The highest BCUT2D eigenvalue weighted by atomic mass is 14.9. The second-order valence-electron chi connectivity index (χ2n) is 3.96. The molecule has 1 N–H and O–H groups in total. The molecular formula is C13H21N3. The number of allylic oxidation sites excluding steroid dienone is 1.